The Morgan fingerprint density at radius 1 is 1.53 bits per heavy atom. The van der Waals surface area contributed by atoms with Crippen LogP contribution in [-0.2, 0) is 0 Å². The van der Waals surface area contributed by atoms with E-state index in [4.69, 9.17) is 0 Å². The van der Waals surface area contributed by atoms with Crippen LogP contribution >= 0.6 is 24.8 Å². The second kappa shape index (κ2) is 7.48. The summed E-state index contributed by atoms with van der Waals surface area (Å²) in [7, 11) is 0. The Balaban J connectivity index is 0.00000128. The first-order valence-electron chi connectivity index (χ1n) is 5.20. The zero-order chi connectivity index (χ0) is 10.7. The van der Waals surface area contributed by atoms with Crippen molar-refractivity contribution in [3.8, 4) is 0 Å². The number of nitrogens with one attached hydrogen (secondary N) is 1. The highest BCUT2D eigenvalue weighted by atomic mass is 35.5. The molecule has 0 bridgehead atoms. The van der Waals surface area contributed by atoms with Crippen molar-refractivity contribution in [3.63, 3.8) is 0 Å². The molecule has 1 saturated heterocycles. The quantitative estimate of drug-likeness (QED) is 0.843. The fraction of sp³-hybridized carbons (Fsp3) is 0.455. The largest absolute Gasteiger partial charge is 0.336 e. The van der Waals surface area contributed by atoms with Gasteiger partial charge in [-0.05, 0) is 19.1 Å². The highest BCUT2D eigenvalue weighted by Crippen LogP contribution is 2.06. The number of carbonyl (C=O) groups excluding carboxylic acids is 1. The van der Waals surface area contributed by atoms with Gasteiger partial charge in [-0.3, -0.25) is 9.78 Å². The second-order valence-electron chi connectivity index (χ2n) is 3.85. The lowest BCUT2D eigenvalue weighted by Gasteiger charge is -2.31. The number of rotatable bonds is 1. The number of amides is 1. The minimum atomic E-state index is 0. The van der Waals surface area contributed by atoms with Gasteiger partial charge in [0.2, 0.25) is 0 Å². The average Bonchev–Trinajstić information content (AvgIpc) is 2.29. The van der Waals surface area contributed by atoms with Gasteiger partial charge < -0.3 is 10.2 Å². The first-order valence-corrected chi connectivity index (χ1v) is 5.20. The Labute approximate surface area is 114 Å². The van der Waals surface area contributed by atoms with E-state index in [9.17, 15) is 4.79 Å². The Morgan fingerprint density at radius 3 is 2.88 bits per heavy atom. The number of nitrogens with zero attached hydrogens (tertiary/aromatic N) is 2. The average molecular weight is 278 g/mol. The van der Waals surface area contributed by atoms with E-state index in [0.717, 1.165) is 19.6 Å². The molecule has 1 amide bonds. The van der Waals surface area contributed by atoms with Crippen LogP contribution in [0.1, 0.15) is 17.3 Å². The van der Waals surface area contributed by atoms with Crippen LogP contribution in [-0.4, -0.2) is 41.5 Å². The molecule has 1 N–H and O–H groups in total. The number of carbonyl (C=O) groups is 1. The van der Waals surface area contributed by atoms with E-state index >= 15 is 0 Å². The Hall–Kier alpha value is -0.840. The number of hydrogen-bond acceptors (Lipinski definition) is 3. The summed E-state index contributed by atoms with van der Waals surface area (Å²) in [6.07, 6.45) is 3.30. The smallest absolute Gasteiger partial charge is 0.255 e. The van der Waals surface area contributed by atoms with Crippen LogP contribution in [0.5, 0.6) is 0 Å². The van der Waals surface area contributed by atoms with Crippen molar-refractivity contribution in [3.05, 3.63) is 30.1 Å². The first kappa shape index (κ1) is 16.2. The number of aromatic nitrogens is 1. The molecule has 96 valence electrons. The highest BCUT2D eigenvalue weighted by Gasteiger charge is 2.21. The summed E-state index contributed by atoms with van der Waals surface area (Å²) in [6.45, 7) is 4.50. The van der Waals surface area contributed by atoms with Crippen LogP contribution in [0.3, 0.4) is 0 Å². The lowest BCUT2D eigenvalue weighted by Crippen LogP contribution is -2.51. The number of halogens is 2. The van der Waals surface area contributed by atoms with Crippen LogP contribution in [0.15, 0.2) is 24.5 Å². The van der Waals surface area contributed by atoms with Crippen LogP contribution in [0.4, 0.5) is 0 Å². The van der Waals surface area contributed by atoms with E-state index in [1.54, 1.807) is 18.5 Å². The summed E-state index contributed by atoms with van der Waals surface area (Å²) in [5, 5.41) is 3.31. The minimum absolute atomic E-state index is 0. The van der Waals surface area contributed by atoms with Crippen molar-refractivity contribution in [2.24, 2.45) is 0 Å². The van der Waals surface area contributed by atoms with Crippen LogP contribution < -0.4 is 5.32 Å². The fourth-order valence-corrected chi connectivity index (χ4v) is 1.79. The third-order valence-corrected chi connectivity index (χ3v) is 2.56. The molecule has 1 aliphatic rings. The van der Waals surface area contributed by atoms with Crippen LogP contribution in [0.2, 0.25) is 0 Å². The molecule has 2 heterocycles. The monoisotopic (exact) mass is 277 g/mol. The molecule has 1 fully saturated rings. The van der Waals surface area contributed by atoms with Gasteiger partial charge in [0.05, 0.1) is 5.56 Å². The molecule has 1 unspecified atom stereocenters. The van der Waals surface area contributed by atoms with E-state index in [1.807, 2.05) is 11.0 Å². The van der Waals surface area contributed by atoms with Crippen molar-refractivity contribution in [1.82, 2.24) is 15.2 Å². The van der Waals surface area contributed by atoms with E-state index in [1.165, 1.54) is 0 Å². The molecule has 1 aliphatic heterocycles. The number of hydrogen-bond donors (Lipinski definition) is 1. The Kier molecular flexibility index (Phi) is 7.11. The maximum Gasteiger partial charge on any atom is 0.255 e. The summed E-state index contributed by atoms with van der Waals surface area (Å²) >= 11 is 0. The van der Waals surface area contributed by atoms with E-state index < -0.39 is 0 Å². The van der Waals surface area contributed by atoms with Gasteiger partial charge >= 0.3 is 0 Å². The molecule has 2 rings (SSSR count). The van der Waals surface area contributed by atoms with Gasteiger partial charge in [-0.15, -0.1) is 24.8 Å². The third-order valence-electron chi connectivity index (χ3n) is 2.56. The predicted molar refractivity (Wildman–Crippen MR) is 72.1 cm³/mol. The number of piperazine rings is 1. The molecule has 4 nitrogen and oxygen atoms in total. The Bertz CT molecular complexity index is 348. The van der Waals surface area contributed by atoms with E-state index in [-0.39, 0.29) is 30.7 Å². The van der Waals surface area contributed by atoms with Crippen molar-refractivity contribution < 1.29 is 4.79 Å². The van der Waals surface area contributed by atoms with Gasteiger partial charge in [-0.1, -0.05) is 0 Å². The summed E-state index contributed by atoms with van der Waals surface area (Å²) in [4.78, 5) is 17.8. The molecule has 1 aromatic heterocycles. The molecule has 0 radical (unpaired) electrons. The maximum atomic E-state index is 12.0. The summed E-state index contributed by atoms with van der Waals surface area (Å²) in [6, 6.07) is 3.97. The van der Waals surface area contributed by atoms with Gasteiger partial charge in [-0.2, -0.15) is 0 Å². The molecule has 6 heteroatoms. The van der Waals surface area contributed by atoms with Crippen LogP contribution in [0, 0.1) is 0 Å². The summed E-state index contributed by atoms with van der Waals surface area (Å²) in [5.41, 5.74) is 0.673. The molecule has 1 atom stereocenters. The van der Waals surface area contributed by atoms with Crippen molar-refractivity contribution in [2.45, 2.75) is 13.0 Å². The normalized spacial score (nSPS) is 18.9. The lowest BCUT2D eigenvalue weighted by atomic mass is 10.2. The molecule has 0 aromatic carbocycles. The zero-order valence-electron chi connectivity index (χ0n) is 9.63. The first-order chi connectivity index (χ1) is 7.27. The number of pyridine rings is 1. The van der Waals surface area contributed by atoms with Crippen molar-refractivity contribution in [2.75, 3.05) is 19.6 Å². The van der Waals surface area contributed by atoms with Gasteiger partial charge in [0, 0.05) is 38.1 Å². The van der Waals surface area contributed by atoms with Gasteiger partial charge in [-0.25, -0.2) is 0 Å². The van der Waals surface area contributed by atoms with Crippen LogP contribution in [0.25, 0.3) is 0 Å². The lowest BCUT2D eigenvalue weighted by molar-refractivity contribution is 0.0708. The molecular weight excluding hydrogens is 261 g/mol. The molecular formula is C11H17Cl2N3O. The van der Waals surface area contributed by atoms with Gasteiger partial charge in [0.15, 0.2) is 0 Å². The second-order valence-corrected chi connectivity index (χ2v) is 3.85. The fourth-order valence-electron chi connectivity index (χ4n) is 1.79. The predicted octanol–water partition coefficient (Wildman–Crippen LogP) is 1.36. The van der Waals surface area contributed by atoms with Gasteiger partial charge in [0.25, 0.3) is 5.91 Å². The maximum absolute atomic E-state index is 12.0. The summed E-state index contributed by atoms with van der Waals surface area (Å²) < 4.78 is 0. The van der Waals surface area contributed by atoms with E-state index in [0.29, 0.717) is 11.6 Å². The Morgan fingerprint density at radius 2 is 2.29 bits per heavy atom. The topological polar surface area (TPSA) is 45.2 Å². The van der Waals surface area contributed by atoms with Crippen molar-refractivity contribution >= 4 is 30.7 Å². The minimum Gasteiger partial charge on any atom is -0.336 e. The molecule has 0 aliphatic carbocycles. The zero-order valence-corrected chi connectivity index (χ0v) is 11.3. The third kappa shape index (κ3) is 4.15. The molecule has 0 spiro atoms. The van der Waals surface area contributed by atoms with Gasteiger partial charge in [0.1, 0.15) is 0 Å². The molecule has 1 aromatic rings. The SMILES string of the molecule is CC1CN(C(=O)c2cccnc2)CCN1.Cl.Cl. The summed E-state index contributed by atoms with van der Waals surface area (Å²) in [5.74, 6) is 0.0800. The van der Waals surface area contributed by atoms with Crippen molar-refractivity contribution in [1.29, 1.82) is 0 Å². The molecule has 17 heavy (non-hydrogen) atoms. The molecule has 0 saturated carbocycles. The van der Waals surface area contributed by atoms with E-state index in [2.05, 4.69) is 17.2 Å². The standard InChI is InChI=1S/C11H15N3O.2ClH/c1-9-8-14(6-5-13-9)11(15)10-3-2-4-12-7-10;;/h2-4,7,9,13H,5-6,8H2,1H3;2*1H. The highest BCUT2D eigenvalue weighted by molar-refractivity contribution is 5.93.